The van der Waals surface area contributed by atoms with E-state index in [1.807, 2.05) is 24.3 Å². The second-order valence-corrected chi connectivity index (χ2v) is 7.60. The van der Waals surface area contributed by atoms with Crippen LogP contribution >= 0.6 is 0 Å². The molecule has 0 unspecified atom stereocenters. The van der Waals surface area contributed by atoms with Crippen molar-refractivity contribution in [2.24, 2.45) is 5.92 Å². The predicted octanol–water partition coefficient (Wildman–Crippen LogP) is 3.71. The number of hydrogen-bond acceptors (Lipinski definition) is 4. The number of hydrogen-bond donors (Lipinski definition) is 2. The smallest absolute Gasteiger partial charge is 0.257 e. The Labute approximate surface area is 166 Å². The lowest BCUT2D eigenvalue weighted by atomic mass is 10.1. The normalized spacial score (nSPS) is 13.6. The quantitative estimate of drug-likeness (QED) is 0.768. The number of nitrogens with one attached hydrogen (secondary N) is 2. The molecule has 1 saturated heterocycles. The van der Waals surface area contributed by atoms with Crippen molar-refractivity contribution in [3.63, 3.8) is 0 Å². The number of benzene rings is 1. The van der Waals surface area contributed by atoms with Crippen LogP contribution in [0.1, 0.15) is 53.8 Å². The number of carbonyl (C=O) groups excluding carboxylic acids is 2. The summed E-state index contributed by atoms with van der Waals surface area (Å²) in [5, 5.41) is 5.73. The number of rotatable bonds is 7. The molecule has 3 rings (SSSR count). The monoisotopic (exact) mass is 380 g/mol. The van der Waals surface area contributed by atoms with Crippen molar-refractivity contribution in [1.29, 1.82) is 0 Å². The van der Waals surface area contributed by atoms with Crippen molar-refractivity contribution >= 4 is 23.2 Å². The van der Waals surface area contributed by atoms with Crippen LogP contribution in [0.3, 0.4) is 0 Å². The maximum atomic E-state index is 12.5. The summed E-state index contributed by atoms with van der Waals surface area (Å²) in [4.78, 5) is 31.2. The molecule has 1 aromatic carbocycles. The highest BCUT2D eigenvalue weighted by Crippen LogP contribution is 2.22. The van der Waals surface area contributed by atoms with Gasteiger partial charge in [-0.3, -0.25) is 14.6 Å². The van der Waals surface area contributed by atoms with Gasteiger partial charge >= 0.3 is 0 Å². The largest absolute Gasteiger partial charge is 0.372 e. The highest BCUT2D eigenvalue weighted by molar-refractivity contribution is 6.05. The zero-order valence-electron chi connectivity index (χ0n) is 16.6. The summed E-state index contributed by atoms with van der Waals surface area (Å²) in [6.07, 6.45) is 6.32. The van der Waals surface area contributed by atoms with E-state index < -0.39 is 0 Å². The molecule has 2 N–H and O–H groups in total. The lowest BCUT2D eigenvalue weighted by Crippen LogP contribution is -2.26. The number of aromatic nitrogens is 1. The van der Waals surface area contributed by atoms with E-state index >= 15 is 0 Å². The van der Waals surface area contributed by atoms with Crippen LogP contribution in [0.5, 0.6) is 0 Å². The molecular formula is C22H28N4O2. The highest BCUT2D eigenvalue weighted by Gasteiger charge is 2.14. The Kier molecular flexibility index (Phi) is 6.63. The zero-order valence-corrected chi connectivity index (χ0v) is 16.6. The minimum Gasteiger partial charge on any atom is -0.372 e. The van der Waals surface area contributed by atoms with Crippen molar-refractivity contribution in [3.8, 4) is 0 Å². The van der Waals surface area contributed by atoms with E-state index in [4.69, 9.17) is 0 Å². The fraction of sp³-hybridized carbons (Fsp3) is 0.409. The number of anilines is 2. The van der Waals surface area contributed by atoms with Crippen LogP contribution in [0.2, 0.25) is 0 Å². The first kappa shape index (κ1) is 19.9. The number of carbonyl (C=O) groups is 2. The van der Waals surface area contributed by atoms with Gasteiger partial charge in [-0.05, 0) is 55.5 Å². The summed E-state index contributed by atoms with van der Waals surface area (Å²) < 4.78 is 0. The Morgan fingerprint density at radius 1 is 1.04 bits per heavy atom. The summed E-state index contributed by atoms with van der Waals surface area (Å²) in [5.74, 6) is 0.0309. The molecule has 148 valence electrons. The van der Waals surface area contributed by atoms with Gasteiger partial charge in [-0.2, -0.15) is 0 Å². The predicted molar refractivity (Wildman–Crippen MR) is 112 cm³/mol. The fourth-order valence-electron chi connectivity index (χ4n) is 3.20. The van der Waals surface area contributed by atoms with Crippen LogP contribution in [0.4, 0.5) is 11.4 Å². The van der Waals surface area contributed by atoms with E-state index in [9.17, 15) is 9.59 Å². The zero-order chi connectivity index (χ0) is 19.9. The van der Waals surface area contributed by atoms with E-state index in [2.05, 4.69) is 34.4 Å². The fourth-order valence-corrected chi connectivity index (χ4v) is 3.20. The van der Waals surface area contributed by atoms with Crippen LogP contribution in [0, 0.1) is 5.92 Å². The second kappa shape index (κ2) is 9.35. The third-order valence-corrected chi connectivity index (χ3v) is 4.87. The van der Waals surface area contributed by atoms with Crippen molar-refractivity contribution in [2.45, 2.75) is 33.1 Å². The second-order valence-electron chi connectivity index (χ2n) is 7.60. The van der Waals surface area contributed by atoms with Gasteiger partial charge in [0, 0.05) is 43.4 Å². The molecule has 0 saturated carbocycles. The average Bonchev–Trinajstić information content (AvgIpc) is 3.23. The first-order chi connectivity index (χ1) is 13.5. The van der Waals surface area contributed by atoms with Crippen LogP contribution in [0.15, 0.2) is 42.7 Å². The van der Waals surface area contributed by atoms with Gasteiger partial charge in [-0.15, -0.1) is 0 Å². The average molecular weight is 380 g/mol. The summed E-state index contributed by atoms with van der Waals surface area (Å²) in [5.41, 5.74) is 2.65. The summed E-state index contributed by atoms with van der Waals surface area (Å²) in [6, 6.07) is 9.43. The summed E-state index contributed by atoms with van der Waals surface area (Å²) >= 11 is 0. The van der Waals surface area contributed by atoms with E-state index in [-0.39, 0.29) is 11.8 Å². The van der Waals surface area contributed by atoms with Crippen molar-refractivity contribution < 1.29 is 9.59 Å². The van der Waals surface area contributed by atoms with Gasteiger partial charge in [0.25, 0.3) is 11.8 Å². The standard InChI is InChI=1S/C22H28N4O2/c1-16(2)9-10-24-21(27)17-13-18(15-23-14-17)22(28)25-19-5-7-20(8-6-19)26-11-3-4-12-26/h5-8,13-16H,3-4,9-12H2,1-2H3,(H,24,27)(H,25,28). The molecule has 1 aliphatic rings. The number of amides is 2. The Bertz CT molecular complexity index is 812. The Morgan fingerprint density at radius 2 is 1.68 bits per heavy atom. The molecule has 2 amide bonds. The van der Waals surface area contributed by atoms with Gasteiger partial charge < -0.3 is 15.5 Å². The lowest BCUT2D eigenvalue weighted by molar-refractivity contribution is 0.0951. The minimum atomic E-state index is -0.279. The van der Waals surface area contributed by atoms with Gasteiger partial charge in [0.1, 0.15) is 0 Å². The van der Waals surface area contributed by atoms with Crippen molar-refractivity contribution in [2.75, 3.05) is 29.9 Å². The van der Waals surface area contributed by atoms with E-state index in [1.165, 1.54) is 30.9 Å². The molecule has 2 aromatic rings. The maximum absolute atomic E-state index is 12.5. The summed E-state index contributed by atoms with van der Waals surface area (Å²) in [7, 11) is 0. The molecule has 1 fully saturated rings. The molecule has 0 spiro atoms. The van der Waals surface area contributed by atoms with Gasteiger partial charge in [-0.25, -0.2) is 0 Å². The lowest BCUT2D eigenvalue weighted by Gasteiger charge is -2.17. The summed E-state index contributed by atoms with van der Waals surface area (Å²) in [6.45, 7) is 7.00. The van der Waals surface area contributed by atoms with Crippen LogP contribution in [0.25, 0.3) is 0 Å². The van der Waals surface area contributed by atoms with Crippen LogP contribution in [-0.2, 0) is 0 Å². The van der Waals surface area contributed by atoms with Crippen molar-refractivity contribution in [3.05, 3.63) is 53.9 Å². The van der Waals surface area contributed by atoms with Crippen molar-refractivity contribution in [1.82, 2.24) is 10.3 Å². The third-order valence-electron chi connectivity index (χ3n) is 4.87. The molecule has 0 bridgehead atoms. The first-order valence-corrected chi connectivity index (χ1v) is 9.92. The molecule has 2 heterocycles. The molecule has 1 aromatic heterocycles. The molecule has 0 atom stereocenters. The molecule has 0 aliphatic carbocycles. The maximum Gasteiger partial charge on any atom is 0.257 e. The molecule has 28 heavy (non-hydrogen) atoms. The Morgan fingerprint density at radius 3 is 2.32 bits per heavy atom. The van der Waals surface area contributed by atoms with Gasteiger partial charge in [-0.1, -0.05) is 13.8 Å². The molecule has 0 radical (unpaired) electrons. The Balaban J connectivity index is 1.60. The Hall–Kier alpha value is -2.89. The molecule has 6 nitrogen and oxygen atoms in total. The van der Waals surface area contributed by atoms with Gasteiger partial charge in [0.05, 0.1) is 11.1 Å². The topological polar surface area (TPSA) is 74.3 Å². The minimum absolute atomic E-state index is 0.210. The third kappa shape index (κ3) is 5.31. The first-order valence-electron chi connectivity index (χ1n) is 9.92. The molecule has 6 heteroatoms. The molecule has 1 aliphatic heterocycles. The van der Waals surface area contributed by atoms with E-state index in [0.717, 1.165) is 25.2 Å². The highest BCUT2D eigenvalue weighted by atomic mass is 16.2. The molecular weight excluding hydrogens is 352 g/mol. The number of nitrogens with zero attached hydrogens (tertiary/aromatic N) is 2. The van der Waals surface area contributed by atoms with Gasteiger partial charge in [0.2, 0.25) is 0 Å². The van der Waals surface area contributed by atoms with Gasteiger partial charge in [0.15, 0.2) is 0 Å². The van der Waals surface area contributed by atoms with E-state index in [0.29, 0.717) is 23.6 Å². The number of pyridine rings is 1. The SMILES string of the molecule is CC(C)CCNC(=O)c1cncc(C(=O)Nc2ccc(N3CCCC3)cc2)c1. The van der Waals surface area contributed by atoms with Crippen LogP contribution < -0.4 is 15.5 Å². The van der Waals surface area contributed by atoms with E-state index in [1.54, 1.807) is 6.07 Å². The van der Waals surface area contributed by atoms with Crippen LogP contribution in [-0.4, -0.2) is 36.4 Å².